The minimum Gasteiger partial charge on any atom is -0.396 e. The third kappa shape index (κ3) is 2.26. The monoisotopic (exact) mass is 280 g/mol. The Balaban J connectivity index is 2.33. The summed E-state index contributed by atoms with van der Waals surface area (Å²) in [6.07, 6.45) is 5.40. The lowest BCUT2D eigenvalue weighted by Crippen LogP contribution is -2.32. The molecule has 0 saturated heterocycles. The second kappa shape index (κ2) is 4.53. The van der Waals surface area contributed by atoms with E-state index in [1.165, 1.54) is 0 Å². The molecule has 0 aromatic heterocycles. The van der Waals surface area contributed by atoms with Crippen LogP contribution in [0.3, 0.4) is 0 Å². The summed E-state index contributed by atoms with van der Waals surface area (Å²) in [4.78, 5) is 0. The highest BCUT2D eigenvalue weighted by molar-refractivity contribution is 9.10. The van der Waals surface area contributed by atoms with Crippen molar-refractivity contribution in [3.05, 3.63) is 54.1 Å². The Hall–Kier alpha value is -0.900. The number of rotatable bonds is 2. The van der Waals surface area contributed by atoms with Crippen LogP contribution in [0.4, 0.5) is 0 Å². The molecule has 1 aliphatic rings. The third-order valence-electron chi connectivity index (χ3n) is 2.70. The van der Waals surface area contributed by atoms with Gasteiger partial charge in [-0.3, -0.25) is 0 Å². The van der Waals surface area contributed by atoms with E-state index >= 15 is 0 Å². The number of benzene rings is 1. The minimum atomic E-state index is -1.14. The van der Waals surface area contributed by atoms with Crippen LogP contribution in [0, 0.1) is 5.92 Å². The van der Waals surface area contributed by atoms with Crippen molar-refractivity contribution in [3.8, 4) is 0 Å². The van der Waals surface area contributed by atoms with Crippen molar-refractivity contribution in [3.63, 3.8) is 0 Å². The average Bonchev–Trinajstić information content (AvgIpc) is 2.30. The lowest BCUT2D eigenvalue weighted by atomic mass is 9.91. The van der Waals surface area contributed by atoms with Gasteiger partial charge in [0.15, 0.2) is 0 Å². The summed E-state index contributed by atoms with van der Waals surface area (Å²) in [5, 5.41) is 19.1. The van der Waals surface area contributed by atoms with Crippen LogP contribution in [-0.2, 0) is 0 Å². The van der Waals surface area contributed by atoms with Crippen molar-refractivity contribution in [2.24, 2.45) is 5.92 Å². The number of halogens is 1. The van der Waals surface area contributed by atoms with E-state index < -0.39 is 4.51 Å². The highest BCUT2D eigenvalue weighted by Gasteiger charge is 2.32. The Kier molecular flexibility index (Phi) is 3.28. The molecule has 0 saturated carbocycles. The van der Waals surface area contributed by atoms with Crippen LogP contribution in [0.5, 0.6) is 0 Å². The lowest BCUT2D eigenvalue weighted by Gasteiger charge is -2.28. The molecule has 2 atom stereocenters. The molecule has 2 rings (SSSR count). The first-order valence-electron chi connectivity index (χ1n) is 5.12. The smallest absolute Gasteiger partial charge is 0.146 e. The Morgan fingerprint density at radius 2 is 1.94 bits per heavy atom. The number of allylic oxidation sites excluding steroid dienone is 2. The molecular formula is C13H13BrO2. The molecule has 0 amide bonds. The number of aliphatic hydroxyl groups excluding tert-OH is 1. The molecule has 0 radical (unpaired) electrons. The first kappa shape index (κ1) is 11.6. The lowest BCUT2D eigenvalue weighted by molar-refractivity contribution is 0.104. The molecule has 1 aromatic rings. The summed E-state index contributed by atoms with van der Waals surface area (Å²) in [7, 11) is 0. The number of hydrogen-bond acceptors (Lipinski definition) is 2. The van der Waals surface area contributed by atoms with E-state index in [0.717, 1.165) is 11.1 Å². The molecule has 0 bridgehead atoms. The van der Waals surface area contributed by atoms with Gasteiger partial charge in [-0.15, -0.1) is 0 Å². The van der Waals surface area contributed by atoms with Crippen LogP contribution in [-0.4, -0.2) is 21.3 Å². The fourth-order valence-corrected chi connectivity index (χ4v) is 2.13. The van der Waals surface area contributed by atoms with E-state index in [-0.39, 0.29) is 12.5 Å². The number of hydrogen-bond donors (Lipinski definition) is 2. The van der Waals surface area contributed by atoms with Crippen molar-refractivity contribution in [2.45, 2.75) is 4.51 Å². The van der Waals surface area contributed by atoms with Gasteiger partial charge in [-0.2, -0.15) is 0 Å². The van der Waals surface area contributed by atoms with Gasteiger partial charge >= 0.3 is 0 Å². The Bertz CT molecular complexity index is 421. The van der Waals surface area contributed by atoms with Gasteiger partial charge in [0.1, 0.15) is 4.51 Å². The van der Waals surface area contributed by atoms with Gasteiger partial charge in [0, 0.05) is 5.92 Å². The zero-order chi connectivity index (χ0) is 11.6. The Morgan fingerprint density at radius 1 is 1.25 bits per heavy atom. The third-order valence-corrected chi connectivity index (χ3v) is 3.55. The Morgan fingerprint density at radius 3 is 2.56 bits per heavy atom. The van der Waals surface area contributed by atoms with Crippen LogP contribution in [0.1, 0.15) is 5.56 Å². The van der Waals surface area contributed by atoms with E-state index in [1.54, 1.807) is 6.08 Å². The predicted octanol–water partition coefficient (Wildman–Crippen LogP) is 2.33. The van der Waals surface area contributed by atoms with Crippen molar-refractivity contribution >= 4 is 21.5 Å². The molecule has 0 fully saturated rings. The molecular weight excluding hydrogens is 268 g/mol. The molecule has 16 heavy (non-hydrogen) atoms. The molecule has 2 nitrogen and oxygen atoms in total. The molecule has 1 aliphatic carbocycles. The van der Waals surface area contributed by atoms with Crippen molar-refractivity contribution in [1.29, 1.82) is 0 Å². The van der Waals surface area contributed by atoms with E-state index in [1.807, 2.05) is 42.5 Å². The van der Waals surface area contributed by atoms with Gasteiger partial charge in [-0.25, -0.2) is 0 Å². The minimum absolute atomic E-state index is 0.0948. The summed E-state index contributed by atoms with van der Waals surface area (Å²) < 4.78 is -1.14. The molecule has 2 N–H and O–H groups in total. The topological polar surface area (TPSA) is 40.5 Å². The standard InChI is InChI=1S/C13H13BrO2/c14-13(16)7-6-11(8-12(13)9-15)10-4-2-1-3-5-10/h1-8,12,15-16H,9H2. The largest absolute Gasteiger partial charge is 0.396 e. The van der Waals surface area contributed by atoms with Gasteiger partial charge in [0.05, 0.1) is 6.61 Å². The molecule has 84 valence electrons. The maximum absolute atomic E-state index is 9.92. The fraction of sp³-hybridized carbons (Fsp3) is 0.231. The quantitative estimate of drug-likeness (QED) is 0.817. The molecule has 0 spiro atoms. The van der Waals surface area contributed by atoms with E-state index in [2.05, 4.69) is 15.9 Å². The summed E-state index contributed by atoms with van der Waals surface area (Å²) in [5.74, 6) is -0.326. The molecule has 0 heterocycles. The van der Waals surface area contributed by atoms with Gasteiger partial charge in [0.25, 0.3) is 0 Å². The van der Waals surface area contributed by atoms with Crippen molar-refractivity contribution in [1.82, 2.24) is 0 Å². The van der Waals surface area contributed by atoms with Crippen LogP contribution < -0.4 is 0 Å². The summed E-state index contributed by atoms with van der Waals surface area (Å²) in [6.45, 7) is -0.0948. The van der Waals surface area contributed by atoms with Gasteiger partial charge in [0.2, 0.25) is 0 Å². The maximum Gasteiger partial charge on any atom is 0.146 e. The van der Waals surface area contributed by atoms with Crippen LogP contribution >= 0.6 is 15.9 Å². The second-order valence-corrected chi connectivity index (χ2v) is 5.11. The van der Waals surface area contributed by atoms with E-state index in [0.29, 0.717) is 0 Å². The predicted molar refractivity (Wildman–Crippen MR) is 68.0 cm³/mol. The fourth-order valence-electron chi connectivity index (χ4n) is 1.72. The van der Waals surface area contributed by atoms with E-state index in [4.69, 9.17) is 0 Å². The molecule has 3 heteroatoms. The highest BCUT2D eigenvalue weighted by atomic mass is 79.9. The van der Waals surface area contributed by atoms with Crippen molar-refractivity contribution < 1.29 is 10.2 Å². The van der Waals surface area contributed by atoms with Crippen LogP contribution in [0.15, 0.2) is 48.6 Å². The van der Waals surface area contributed by atoms with E-state index in [9.17, 15) is 10.2 Å². The molecule has 0 aliphatic heterocycles. The Labute approximate surface area is 103 Å². The SMILES string of the molecule is OCC1C=C(c2ccccc2)C=CC1(O)Br. The van der Waals surface area contributed by atoms with Crippen LogP contribution in [0.2, 0.25) is 0 Å². The maximum atomic E-state index is 9.92. The first-order valence-corrected chi connectivity index (χ1v) is 5.91. The highest BCUT2D eigenvalue weighted by Crippen LogP contribution is 2.35. The molecule has 1 aromatic carbocycles. The average molecular weight is 281 g/mol. The second-order valence-electron chi connectivity index (χ2n) is 3.84. The zero-order valence-corrected chi connectivity index (χ0v) is 10.3. The van der Waals surface area contributed by atoms with Gasteiger partial charge in [-0.05, 0) is 33.1 Å². The normalized spacial score (nSPS) is 28.9. The zero-order valence-electron chi connectivity index (χ0n) is 8.68. The van der Waals surface area contributed by atoms with Gasteiger partial charge in [-0.1, -0.05) is 42.5 Å². The number of aliphatic hydroxyl groups is 2. The van der Waals surface area contributed by atoms with Gasteiger partial charge < -0.3 is 10.2 Å². The number of alkyl halides is 1. The molecule has 2 unspecified atom stereocenters. The summed E-state index contributed by atoms with van der Waals surface area (Å²) in [5.41, 5.74) is 2.10. The van der Waals surface area contributed by atoms with Crippen LogP contribution in [0.25, 0.3) is 5.57 Å². The first-order chi connectivity index (χ1) is 7.63. The van der Waals surface area contributed by atoms with Crippen molar-refractivity contribution in [2.75, 3.05) is 6.61 Å². The summed E-state index contributed by atoms with van der Waals surface area (Å²) in [6, 6.07) is 9.90. The summed E-state index contributed by atoms with van der Waals surface area (Å²) >= 11 is 3.18.